The van der Waals surface area contributed by atoms with Crippen molar-refractivity contribution in [2.45, 2.75) is 46.2 Å². The van der Waals surface area contributed by atoms with Crippen molar-refractivity contribution >= 4 is 24.0 Å². The number of benzene rings is 1. The highest BCUT2D eigenvalue weighted by atomic mass is 35.5. The SMILES string of the molecule is Cc1cccc(NC(=O)C(C)N2CCC(N)C(C)(C)C2)c1.Cl. The van der Waals surface area contributed by atoms with Crippen molar-refractivity contribution in [3.8, 4) is 0 Å². The van der Waals surface area contributed by atoms with E-state index in [1.165, 1.54) is 0 Å². The number of hydrogen-bond donors (Lipinski definition) is 2. The first-order valence-electron chi connectivity index (χ1n) is 7.67. The van der Waals surface area contributed by atoms with Crippen LogP contribution in [0.5, 0.6) is 0 Å². The van der Waals surface area contributed by atoms with Gasteiger partial charge in [0, 0.05) is 24.8 Å². The molecule has 22 heavy (non-hydrogen) atoms. The first-order chi connectivity index (χ1) is 9.79. The van der Waals surface area contributed by atoms with Gasteiger partial charge in [-0.05, 0) is 43.4 Å². The summed E-state index contributed by atoms with van der Waals surface area (Å²) in [4.78, 5) is 14.7. The molecule has 2 atom stereocenters. The largest absolute Gasteiger partial charge is 0.327 e. The fraction of sp³-hybridized carbons (Fsp3) is 0.588. The average molecular weight is 326 g/mol. The van der Waals surface area contributed by atoms with Crippen LogP contribution in [-0.2, 0) is 4.79 Å². The van der Waals surface area contributed by atoms with E-state index >= 15 is 0 Å². The molecule has 1 saturated heterocycles. The number of likely N-dealkylation sites (tertiary alicyclic amines) is 1. The van der Waals surface area contributed by atoms with Crippen molar-refractivity contribution in [3.63, 3.8) is 0 Å². The van der Waals surface area contributed by atoms with Crippen molar-refractivity contribution < 1.29 is 4.79 Å². The Morgan fingerprint density at radius 2 is 2.14 bits per heavy atom. The number of carbonyl (C=O) groups is 1. The third kappa shape index (κ3) is 4.45. The molecule has 0 saturated carbocycles. The molecule has 0 radical (unpaired) electrons. The van der Waals surface area contributed by atoms with Gasteiger partial charge in [-0.15, -0.1) is 12.4 Å². The first-order valence-corrected chi connectivity index (χ1v) is 7.67. The Hall–Kier alpha value is -1.10. The van der Waals surface area contributed by atoms with Gasteiger partial charge in [-0.2, -0.15) is 0 Å². The van der Waals surface area contributed by atoms with Gasteiger partial charge in [0.2, 0.25) is 5.91 Å². The van der Waals surface area contributed by atoms with Crippen LogP contribution in [0.15, 0.2) is 24.3 Å². The number of carbonyl (C=O) groups excluding carboxylic acids is 1. The van der Waals surface area contributed by atoms with E-state index in [-0.39, 0.29) is 35.8 Å². The standard InChI is InChI=1S/C17H27N3O.ClH/c1-12-6-5-7-14(10-12)19-16(21)13(2)20-9-8-15(18)17(3,4)11-20;/h5-7,10,13,15H,8-9,11,18H2,1-4H3,(H,19,21);1H. The number of nitrogens with one attached hydrogen (secondary N) is 1. The third-order valence-corrected chi connectivity index (χ3v) is 4.55. The lowest BCUT2D eigenvalue weighted by atomic mass is 9.79. The van der Waals surface area contributed by atoms with E-state index in [1.54, 1.807) is 0 Å². The van der Waals surface area contributed by atoms with Crippen molar-refractivity contribution in [2.24, 2.45) is 11.1 Å². The van der Waals surface area contributed by atoms with Crippen LogP contribution in [0, 0.1) is 12.3 Å². The van der Waals surface area contributed by atoms with Gasteiger partial charge < -0.3 is 11.1 Å². The minimum atomic E-state index is -0.141. The van der Waals surface area contributed by atoms with Gasteiger partial charge in [-0.3, -0.25) is 9.69 Å². The van der Waals surface area contributed by atoms with Crippen LogP contribution in [0.2, 0.25) is 0 Å². The number of anilines is 1. The number of aryl methyl sites for hydroxylation is 1. The van der Waals surface area contributed by atoms with Crippen molar-refractivity contribution in [2.75, 3.05) is 18.4 Å². The summed E-state index contributed by atoms with van der Waals surface area (Å²) in [5, 5.41) is 3.01. The van der Waals surface area contributed by atoms with Crippen LogP contribution < -0.4 is 11.1 Å². The summed E-state index contributed by atoms with van der Waals surface area (Å²) >= 11 is 0. The second-order valence-electron chi connectivity index (χ2n) is 6.89. The molecule has 0 aliphatic carbocycles. The van der Waals surface area contributed by atoms with Crippen molar-refractivity contribution in [1.82, 2.24) is 4.90 Å². The minimum Gasteiger partial charge on any atom is -0.327 e. The summed E-state index contributed by atoms with van der Waals surface area (Å²) in [5.41, 5.74) is 8.22. The van der Waals surface area contributed by atoms with Gasteiger partial charge in [0.05, 0.1) is 6.04 Å². The van der Waals surface area contributed by atoms with Crippen LogP contribution >= 0.6 is 12.4 Å². The molecule has 1 heterocycles. The van der Waals surface area contributed by atoms with Gasteiger partial charge in [-0.1, -0.05) is 26.0 Å². The van der Waals surface area contributed by atoms with Gasteiger partial charge in [0.15, 0.2) is 0 Å². The quantitative estimate of drug-likeness (QED) is 0.898. The molecule has 2 rings (SSSR count). The summed E-state index contributed by atoms with van der Waals surface area (Å²) in [5.74, 6) is 0.0480. The molecule has 0 aromatic heterocycles. The maximum absolute atomic E-state index is 12.4. The molecule has 1 amide bonds. The van der Waals surface area contributed by atoms with Crippen LogP contribution in [0.25, 0.3) is 0 Å². The molecular formula is C17H28ClN3O. The predicted octanol–water partition coefficient (Wildman–Crippen LogP) is 2.80. The van der Waals surface area contributed by atoms with Gasteiger partial charge >= 0.3 is 0 Å². The molecule has 1 fully saturated rings. The molecule has 1 aliphatic heterocycles. The molecule has 1 aliphatic rings. The second kappa shape index (κ2) is 7.44. The predicted molar refractivity (Wildman–Crippen MR) is 94.5 cm³/mol. The minimum absolute atomic E-state index is 0. The van der Waals surface area contributed by atoms with Crippen molar-refractivity contribution in [3.05, 3.63) is 29.8 Å². The maximum atomic E-state index is 12.4. The molecule has 0 bridgehead atoms. The van der Waals surface area contributed by atoms with E-state index in [4.69, 9.17) is 5.73 Å². The number of amides is 1. The summed E-state index contributed by atoms with van der Waals surface area (Å²) in [7, 11) is 0. The normalized spacial score (nSPS) is 22.5. The summed E-state index contributed by atoms with van der Waals surface area (Å²) in [6.45, 7) is 10.1. The fourth-order valence-corrected chi connectivity index (χ4v) is 2.88. The van der Waals surface area contributed by atoms with Crippen LogP contribution in [-0.4, -0.2) is 36.0 Å². The monoisotopic (exact) mass is 325 g/mol. The molecule has 5 heteroatoms. The molecule has 1 aromatic rings. The average Bonchev–Trinajstić information content (AvgIpc) is 2.41. The van der Waals surface area contributed by atoms with E-state index < -0.39 is 0 Å². The van der Waals surface area contributed by atoms with Gasteiger partial charge in [0.25, 0.3) is 0 Å². The highest BCUT2D eigenvalue weighted by molar-refractivity contribution is 5.94. The number of hydrogen-bond acceptors (Lipinski definition) is 3. The lowest BCUT2D eigenvalue weighted by molar-refractivity contribution is -0.122. The Morgan fingerprint density at radius 1 is 1.45 bits per heavy atom. The molecular weight excluding hydrogens is 298 g/mol. The Bertz CT molecular complexity index is 518. The van der Waals surface area contributed by atoms with E-state index in [0.717, 1.165) is 30.8 Å². The highest BCUT2D eigenvalue weighted by Gasteiger charge is 2.36. The van der Waals surface area contributed by atoms with Crippen LogP contribution in [0.4, 0.5) is 5.69 Å². The first kappa shape index (κ1) is 18.9. The van der Waals surface area contributed by atoms with E-state index in [1.807, 2.05) is 38.1 Å². The van der Waals surface area contributed by atoms with E-state index in [0.29, 0.717) is 0 Å². The number of rotatable bonds is 3. The summed E-state index contributed by atoms with van der Waals surface area (Å²) in [6, 6.07) is 7.96. The molecule has 4 nitrogen and oxygen atoms in total. The fourth-order valence-electron chi connectivity index (χ4n) is 2.88. The Morgan fingerprint density at radius 3 is 2.73 bits per heavy atom. The van der Waals surface area contributed by atoms with E-state index in [2.05, 4.69) is 24.1 Å². The Balaban J connectivity index is 0.00000242. The zero-order chi connectivity index (χ0) is 15.6. The zero-order valence-corrected chi connectivity index (χ0v) is 14.7. The summed E-state index contributed by atoms with van der Waals surface area (Å²) in [6.07, 6.45) is 0.940. The van der Waals surface area contributed by atoms with Crippen LogP contribution in [0.1, 0.15) is 32.8 Å². The number of nitrogens with two attached hydrogens (primary N) is 1. The van der Waals surface area contributed by atoms with Gasteiger partial charge in [-0.25, -0.2) is 0 Å². The second-order valence-corrected chi connectivity index (χ2v) is 6.89. The van der Waals surface area contributed by atoms with Gasteiger partial charge in [0.1, 0.15) is 0 Å². The molecule has 1 aromatic carbocycles. The number of nitrogens with zero attached hydrogens (tertiary/aromatic N) is 1. The zero-order valence-electron chi connectivity index (χ0n) is 13.9. The molecule has 0 spiro atoms. The highest BCUT2D eigenvalue weighted by Crippen LogP contribution is 2.29. The van der Waals surface area contributed by atoms with Crippen molar-refractivity contribution in [1.29, 1.82) is 0 Å². The topological polar surface area (TPSA) is 58.4 Å². The van der Waals surface area contributed by atoms with E-state index in [9.17, 15) is 4.79 Å². The number of halogens is 1. The Kier molecular flexibility index (Phi) is 6.41. The Labute approximate surface area is 139 Å². The molecule has 3 N–H and O–H groups in total. The molecule has 2 unspecified atom stereocenters. The van der Waals surface area contributed by atoms with Crippen LogP contribution in [0.3, 0.4) is 0 Å². The lowest BCUT2D eigenvalue weighted by Gasteiger charge is -2.44. The summed E-state index contributed by atoms with van der Waals surface area (Å²) < 4.78 is 0. The number of piperidine rings is 1. The maximum Gasteiger partial charge on any atom is 0.241 e. The smallest absolute Gasteiger partial charge is 0.241 e. The third-order valence-electron chi connectivity index (χ3n) is 4.55. The molecule has 124 valence electrons. The lowest BCUT2D eigenvalue weighted by Crippen LogP contribution is -2.56.